The van der Waals surface area contributed by atoms with E-state index in [9.17, 15) is 49.6 Å². The largest absolute Gasteiger partial charge is 0.439 e. The van der Waals surface area contributed by atoms with Crippen LogP contribution in [0.1, 0.15) is 58.4 Å². The summed E-state index contributed by atoms with van der Waals surface area (Å²) in [6.45, 7) is 0. The molecule has 0 aliphatic carbocycles. The summed E-state index contributed by atoms with van der Waals surface area (Å²) < 4.78 is 127. The van der Waals surface area contributed by atoms with Crippen molar-refractivity contribution >= 4 is 6.09 Å². The lowest BCUT2D eigenvalue weighted by molar-refractivity contribution is -0.143. The quantitative estimate of drug-likeness (QED) is 0.290. The van der Waals surface area contributed by atoms with Gasteiger partial charge >= 0.3 is 24.6 Å². The van der Waals surface area contributed by atoms with Crippen LogP contribution in [0.25, 0.3) is 11.1 Å². The average molecular weight is 584 g/mol. The third-order valence-corrected chi connectivity index (χ3v) is 7.20. The summed E-state index contributed by atoms with van der Waals surface area (Å²) in [6.07, 6.45) is -17.5. The van der Waals surface area contributed by atoms with E-state index >= 15 is 0 Å². The highest BCUT2D eigenvalue weighted by Gasteiger charge is 2.52. The zero-order valence-electron chi connectivity index (χ0n) is 20.5. The molecule has 0 aromatic heterocycles. The van der Waals surface area contributed by atoms with Gasteiger partial charge in [0, 0.05) is 0 Å². The predicted molar refractivity (Wildman–Crippen MR) is 125 cm³/mol. The number of fused-ring (bicyclic) bond motifs is 1. The van der Waals surface area contributed by atoms with Crippen LogP contribution in [-0.2, 0) is 23.3 Å². The topological polar surface area (TPSA) is 53.3 Å². The third kappa shape index (κ3) is 5.30. The molecule has 41 heavy (non-hydrogen) atoms. The number of rotatable bonds is 3. The minimum atomic E-state index is -5.12. The van der Waals surface area contributed by atoms with Crippen molar-refractivity contribution in [3.8, 4) is 17.2 Å². The van der Waals surface area contributed by atoms with E-state index in [2.05, 4.69) is 0 Å². The van der Waals surface area contributed by atoms with Crippen molar-refractivity contribution in [3.63, 3.8) is 0 Å². The van der Waals surface area contributed by atoms with Crippen LogP contribution in [0.5, 0.6) is 0 Å². The van der Waals surface area contributed by atoms with Crippen LogP contribution in [-0.4, -0.2) is 17.0 Å². The molecule has 1 unspecified atom stereocenters. The molecule has 2 fully saturated rings. The third-order valence-electron chi connectivity index (χ3n) is 7.20. The Balaban J connectivity index is 1.59. The smallest absolute Gasteiger partial charge is 0.416 e. The number of ether oxygens (including phenoxy) is 1. The number of alkyl halides is 9. The zero-order chi connectivity index (χ0) is 29.9. The van der Waals surface area contributed by atoms with Crippen molar-refractivity contribution in [1.82, 2.24) is 4.90 Å². The van der Waals surface area contributed by atoms with E-state index in [1.807, 2.05) is 6.07 Å². The first kappa shape index (κ1) is 28.3. The summed E-state index contributed by atoms with van der Waals surface area (Å²) >= 11 is 0. The lowest BCUT2D eigenvalue weighted by atomic mass is 9.91. The molecule has 2 aliphatic rings. The number of amides is 1. The van der Waals surface area contributed by atoms with E-state index in [0.717, 1.165) is 17.0 Å². The zero-order valence-corrected chi connectivity index (χ0v) is 20.5. The summed E-state index contributed by atoms with van der Waals surface area (Å²) in [5, 5.41) is 9.27. The van der Waals surface area contributed by atoms with Gasteiger partial charge in [-0.1, -0.05) is 18.2 Å². The molecule has 0 spiro atoms. The number of cyclic esters (lactones) is 1. The standard InChI is InChI=1S/C28H17F9N2O2/c29-26(30,31)17-4-5-20(15-3-1-2-14(8-15)13-38)21(12-17)22-6-7-23-24(41-25(40)39(22)23)16-9-18(27(32,33)34)11-19(10-16)28(35,36)37/h1-5,8-12,22-24H,6-7H2/t22-,23-,24?/m0/s1. The van der Waals surface area contributed by atoms with Crippen LogP contribution in [0.2, 0.25) is 0 Å². The Morgan fingerprint density at radius 3 is 2.00 bits per heavy atom. The maximum atomic E-state index is 13.7. The van der Waals surface area contributed by atoms with Crippen LogP contribution in [0.15, 0.2) is 60.7 Å². The highest BCUT2D eigenvalue weighted by Crippen LogP contribution is 2.51. The van der Waals surface area contributed by atoms with Crippen molar-refractivity contribution in [1.29, 1.82) is 5.26 Å². The van der Waals surface area contributed by atoms with Crippen LogP contribution in [0.4, 0.5) is 44.3 Å². The fraction of sp³-hybridized carbons (Fsp3) is 0.286. The van der Waals surface area contributed by atoms with Gasteiger partial charge in [-0.25, -0.2) is 4.79 Å². The minimum absolute atomic E-state index is 0.0343. The van der Waals surface area contributed by atoms with E-state index < -0.39 is 65.1 Å². The van der Waals surface area contributed by atoms with Gasteiger partial charge in [0.2, 0.25) is 0 Å². The molecule has 3 aromatic rings. The van der Waals surface area contributed by atoms with E-state index in [-0.39, 0.29) is 35.6 Å². The predicted octanol–water partition coefficient (Wildman–Crippen LogP) is 8.68. The van der Waals surface area contributed by atoms with Gasteiger partial charge in [0.25, 0.3) is 0 Å². The second-order valence-corrected chi connectivity index (χ2v) is 9.70. The van der Waals surface area contributed by atoms with Gasteiger partial charge in [-0.2, -0.15) is 44.8 Å². The molecule has 3 atom stereocenters. The molecule has 4 nitrogen and oxygen atoms in total. The molecule has 2 aliphatic heterocycles. The summed E-state index contributed by atoms with van der Waals surface area (Å²) in [6, 6.07) is 9.71. The van der Waals surface area contributed by atoms with Gasteiger partial charge in [-0.15, -0.1) is 0 Å². The van der Waals surface area contributed by atoms with Gasteiger partial charge in [0.05, 0.1) is 40.4 Å². The molecular formula is C28H17F9N2O2. The summed E-state index contributed by atoms with van der Waals surface area (Å²) in [7, 11) is 0. The Hall–Kier alpha value is -4.21. The molecule has 3 aromatic carbocycles. The fourth-order valence-corrected chi connectivity index (χ4v) is 5.42. The summed E-state index contributed by atoms with van der Waals surface area (Å²) in [5.41, 5.74) is -3.78. The first-order chi connectivity index (χ1) is 19.1. The van der Waals surface area contributed by atoms with Crippen LogP contribution < -0.4 is 0 Å². The second-order valence-electron chi connectivity index (χ2n) is 9.70. The van der Waals surface area contributed by atoms with E-state index in [0.29, 0.717) is 17.7 Å². The molecule has 2 heterocycles. The molecule has 0 radical (unpaired) electrons. The highest BCUT2D eigenvalue weighted by atomic mass is 19.4. The van der Waals surface area contributed by atoms with Gasteiger partial charge in [-0.3, -0.25) is 4.90 Å². The monoisotopic (exact) mass is 584 g/mol. The van der Waals surface area contributed by atoms with Gasteiger partial charge < -0.3 is 4.74 Å². The first-order valence-corrected chi connectivity index (χ1v) is 12.1. The number of benzene rings is 3. The maximum Gasteiger partial charge on any atom is 0.416 e. The molecule has 1 amide bonds. The maximum absolute atomic E-state index is 13.7. The number of carbonyl (C=O) groups excluding carboxylic acids is 1. The molecular weight excluding hydrogens is 567 g/mol. The highest BCUT2D eigenvalue weighted by molar-refractivity contribution is 5.75. The molecule has 214 valence electrons. The SMILES string of the molecule is N#Cc1cccc(-c2ccc(C(F)(F)F)cc2[C@@H]2CC[C@H]3C(c4cc(C(F)(F)F)cc(C(F)(F)F)c4)OC(=O)N23)c1. The number of halogens is 9. The number of nitriles is 1. The summed E-state index contributed by atoms with van der Waals surface area (Å²) in [5.74, 6) is 0. The number of hydrogen-bond donors (Lipinski definition) is 0. The average Bonchev–Trinajstić information content (AvgIpc) is 3.48. The first-order valence-electron chi connectivity index (χ1n) is 12.1. The van der Waals surface area contributed by atoms with Crippen molar-refractivity contribution in [2.45, 2.75) is 49.6 Å². The molecule has 0 saturated carbocycles. The number of nitrogens with zero attached hydrogens (tertiary/aromatic N) is 2. The Bertz CT molecular complexity index is 1520. The number of hydrogen-bond acceptors (Lipinski definition) is 3. The number of carbonyl (C=O) groups is 1. The van der Waals surface area contributed by atoms with E-state index in [4.69, 9.17) is 4.74 Å². The van der Waals surface area contributed by atoms with E-state index in [1.165, 1.54) is 24.3 Å². The van der Waals surface area contributed by atoms with Gasteiger partial charge in [-0.05, 0) is 77.6 Å². The fourth-order valence-electron chi connectivity index (χ4n) is 5.42. The lowest BCUT2D eigenvalue weighted by Gasteiger charge is -2.26. The Labute approximate surface area is 226 Å². The summed E-state index contributed by atoms with van der Waals surface area (Å²) in [4.78, 5) is 14.1. The Kier molecular flexibility index (Phi) is 6.71. The minimum Gasteiger partial charge on any atom is -0.439 e. The van der Waals surface area contributed by atoms with Crippen LogP contribution in [0, 0.1) is 11.3 Å². The second kappa shape index (κ2) is 9.71. The van der Waals surface area contributed by atoms with Crippen molar-refractivity contribution in [2.24, 2.45) is 0 Å². The molecule has 13 heteroatoms. The molecule has 2 saturated heterocycles. The molecule has 0 bridgehead atoms. The molecule has 0 N–H and O–H groups in total. The van der Waals surface area contributed by atoms with Crippen LogP contribution in [0.3, 0.4) is 0 Å². The van der Waals surface area contributed by atoms with Gasteiger partial charge in [0.15, 0.2) is 0 Å². The lowest BCUT2D eigenvalue weighted by Crippen LogP contribution is -2.31. The van der Waals surface area contributed by atoms with Crippen molar-refractivity contribution < 1.29 is 49.0 Å². The van der Waals surface area contributed by atoms with E-state index in [1.54, 1.807) is 6.07 Å². The Morgan fingerprint density at radius 1 is 0.780 bits per heavy atom. The normalized spacial score (nSPS) is 21.0. The van der Waals surface area contributed by atoms with Crippen LogP contribution >= 0.6 is 0 Å². The molecule has 5 rings (SSSR count). The Morgan fingerprint density at radius 2 is 1.41 bits per heavy atom. The van der Waals surface area contributed by atoms with Crippen molar-refractivity contribution in [2.75, 3.05) is 0 Å². The van der Waals surface area contributed by atoms with Crippen molar-refractivity contribution in [3.05, 3.63) is 94.0 Å². The van der Waals surface area contributed by atoms with Gasteiger partial charge in [0.1, 0.15) is 6.10 Å².